The summed E-state index contributed by atoms with van der Waals surface area (Å²) >= 11 is 0. The summed E-state index contributed by atoms with van der Waals surface area (Å²) in [5, 5.41) is 3.46. The van der Waals surface area contributed by atoms with Gasteiger partial charge in [-0.15, -0.1) is 0 Å². The molecule has 120 valence electrons. The lowest BCUT2D eigenvalue weighted by atomic mass is 9.98. The van der Waals surface area contributed by atoms with Gasteiger partial charge < -0.3 is 9.88 Å². The highest BCUT2D eigenvalue weighted by Crippen LogP contribution is 2.23. The van der Waals surface area contributed by atoms with Crippen molar-refractivity contribution in [2.24, 2.45) is 11.8 Å². The molecule has 1 unspecified atom stereocenters. The number of imidazole rings is 1. The molecule has 0 aliphatic carbocycles. The van der Waals surface area contributed by atoms with Crippen molar-refractivity contribution in [3.8, 4) is 0 Å². The van der Waals surface area contributed by atoms with Crippen molar-refractivity contribution in [2.75, 3.05) is 6.54 Å². The fraction of sp³-hybridized carbons (Fsp3) is 0.833. The van der Waals surface area contributed by atoms with Gasteiger partial charge in [-0.05, 0) is 18.3 Å². The Bertz CT molecular complexity index is 434. The van der Waals surface area contributed by atoms with Gasteiger partial charge in [0.05, 0.1) is 5.69 Å². The van der Waals surface area contributed by atoms with E-state index in [9.17, 15) is 0 Å². The Morgan fingerprint density at radius 3 is 2.76 bits per heavy atom. The van der Waals surface area contributed by atoms with Crippen molar-refractivity contribution in [2.45, 2.75) is 79.3 Å². The molecule has 3 heteroatoms. The number of nitrogens with one attached hydrogen (secondary N) is 1. The molecule has 3 nitrogen and oxygen atoms in total. The predicted molar refractivity (Wildman–Crippen MR) is 89.5 cm³/mol. The molecule has 1 aliphatic rings. The van der Waals surface area contributed by atoms with E-state index in [-0.39, 0.29) is 0 Å². The lowest BCUT2D eigenvalue weighted by molar-refractivity contribution is 0.374. The third kappa shape index (κ3) is 4.32. The largest absolute Gasteiger partial charge is 0.331 e. The molecule has 21 heavy (non-hydrogen) atoms. The van der Waals surface area contributed by atoms with E-state index in [2.05, 4.69) is 37.6 Å². The average molecular weight is 291 g/mol. The molecule has 0 radical (unpaired) electrons. The topological polar surface area (TPSA) is 29.9 Å². The zero-order valence-electron chi connectivity index (χ0n) is 14.4. The second-order valence-electron chi connectivity index (χ2n) is 6.97. The molecule has 0 fully saturated rings. The fourth-order valence-corrected chi connectivity index (χ4v) is 3.34. The van der Waals surface area contributed by atoms with Crippen LogP contribution in [0.2, 0.25) is 0 Å². The van der Waals surface area contributed by atoms with Crippen LogP contribution >= 0.6 is 0 Å². The Hall–Kier alpha value is -0.830. The highest BCUT2D eigenvalue weighted by atomic mass is 15.1. The summed E-state index contributed by atoms with van der Waals surface area (Å²) in [6.45, 7) is 12.5. The first-order valence-electron chi connectivity index (χ1n) is 8.93. The van der Waals surface area contributed by atoms with Gasteiger partial charge in [0.15, 0.2) is 0 Å². The number of aromatic nitrogens is 2. The third-order valence-electron chi connectivity index (χ3n) is 4.64. The van der Waals surface area contributed by atoms with Gasteiger partial charge in [0.25, 0.3) is 0 Å². The van der Waals surface area contributed by atoms with Crippen molar-refractivity contribution in [1.82, 2.24) is 14.9 Å². The molecule has 2 rings (SSSR count). The van der Waals surface area contributed by atoms with E-state index in [0.29, 0.717) is 5.92 Å². The predicted octanol–water partition coefficient (Wildman–Crippen LogP) is 3.94. The third-order valence-corrected chi connectivity index (χ3v) is 4.64. The number of fused-ring (bicyclic) bond motifs is 1. The van der Waals surface area contributed by atoms with Crippen molar-refractivity contribution >= 4 is 0 Å². The highest BCUT2D eigenvalue weighted by Gasteiger charge is 2.21. The van der Waals surface area contributed by atoms with E-state index in [1.165, 1.54) is 49.4 Å². The summed E-state index contributed by atoms with van der Waals surface area (Å²) in [7, 11) is 0. The molecule has 1 aliphatic heterocycles. The number of hydrogen-bond acceptors (Lipinski definition) is 2. The van der Waals surface area contributed by atoms with Crippen LogP contribution in [0.5, 0.6) is 0 Å². The van der Waals surface area contributed by atoms with Gasteiger partial charge in [0.1, 0.15) is 5.82 Å². The van der Waals surface area contributed by atoms with Crippen LogP contribution < -0.4 is 5.32 Å². The minimum Gasteiger partial charge on any atom is -0.331 e. The van der Waals surface area contributed by atoms with Crippen LogP contribution in [0.3, 0.4) is 0 Å². The number of nitrogens with zero attached hydrogens (tertiary/aromatic N) is 2. The molecule has 1 aromatic heterocycles. The highest BCUT2D eigenvalue weighted by molar-refractivity contribution is 5.20. The Kier molecular flexibility index (Phi) is 6.28. The normalized spacial score (nSPS) is 16.2. The Balaban J connectivity index is 2.20. The van der Waals surface area contributed by atoms with Crippen LogP contribution in [0.1, 0.15) is 70.6 Å². The first-order chi connectivity index (χ1) is 10.2. The summed E-state index contributed by atoms with van der Waals surface area (Å²) < 4.78 is 2.58. The molecule has 0 saturated heterocycles. The summed E-state index contributed by atoms with van der Waals surface area (Å²) in [5.41, 5.74) is 2.82. The maximum atomic E-state index is 4.96. The Morgan fingerprint density at radius 2 is 2.10 bits per heavy atom. The van der Waals surface area contributed by atoms with E-state index >= 15 is 0 Å². The fourth-order valence-electron chi connectivity index (χ4n) is 3.34. The average Bonchev–Trinajstić information content (AvgIpc) is 2.80. The molecule has 1 aromatic rings. The first-order valence-corrected chi connectivity index (χ1v) is 8.93. The molecule has 0 bridgehead atoms. The number of rotatable bonds is 8. The van der Waals surface area contributed by atoms with E-state index in [4.69, 9.17) is 4.98 Å². The Labute approximate surface area is 130 Å². The van der Waals surface area contributed by atoms with Crippen molar-refractivity contribution in [3.63, 3.8) is 0 Å². The second kappa shape index (κ2) is 7.98. The van der Waals surface area contributed by atoms with Gasteiger partial charge in [-0.25, -0.2) is 4.98 Å². The van der Waals surface area contributed by atoms with E-state index < -0.39 is 0 Å². The smallest absolute Gasteiger partial charge is 0.109 e. The summed E-state index contributed by atoms with van der Waals surface area (Å²) in [5.74, 6) is 2.81. The van der Waals surface area contributed by atoms with Gasteiger partial charge in [0.2, 0.25) is 0 Å². The summed E-state index contributed by atoms with van der Waals surface area (Å²) in [6.07, 6.45) is 7.56. The van der Waals surface area contributed by atoms with Crippen LogP contribution in [0.15, 0.2) is 0 Å². The molecular formula is C18H33N3. The molecule has 0 saturated carbocycles. The molecule has 1 N–H and O–H groups in total. The molecule has 2 heterocycles. The van der Waals surface area contributed by atoms with Crippen LogP contribution in [-0.4, -0.2) is 16.1 Å². The first kappa shape index (κ1) is 16.5. The van der Waals surface area contributed by atoms with Crippen LogP contribution in [0.4, 0.5) is 0 Å². The summed E-state index contributed by atoms with van der Waals surface area (Å²) in [6, 6.07) is 0. The quantitative estimate of drug-likeness (QED) is 0.786. The standard InChI is InChI=1S/C18H33N3/c1-5-7-8-15(6-2)13-21-17-9-10-19-12-16(17)20-18(21)11-14(3)4/h14-15,19H,5-13H2,1-4H3. The van der Waals surface area contributed by atoms with Gasteiger partial charge in [-0.1, -0.05) is 47.0 Å². The van der Waals surface area contributed by atoms with Gasteiger partial charge in [0, 0.05) is 38.2 Å². The second-order valence-corrected chi connectivity index (χ2v) is 6.97. The van der Waals surface area contributed by atoms with Crippen LogP contribution in [0, 0.1) is 11.8 Å². The van der Waals surface area contributed by atoms with Crippen LogP contribution in [-0.2, 0) is 25.9 Å². The van der Waals surface area contributed by atoms with E-state index in [1.54, 1.807) is 0 Å². The van der Waals surface area contributed by atoms with Gasteiger partial charge in [-0.2, -0.15) is 0 Å². The van der Waals surface area contributed by atoms with Crippen LogP contribution in [0.25, 0.3) is 0 Å². The van der Waals surface area contributed by atoms with Gasteiger partial charge in [-0.3, -0.25) is 0 Å². The molecule has 0 spiro atoms. The van der Waals surface area contributed by atoms with Crippen molar-refractivity contribution in [3.05, 3.63) is 17.2 Å². The Morgan fingerprint density at radius 1 is 1.29 bits per heavy atom. The molecule has 1 atom stereocenters. The van der Waals surface area contributed by atoms with E-state index in [0.717, 1.165) is 31.8 Å². The minimum atomic E-state index is 0.677. The zero-order chi connectivity index (χ0) is 15.2. The van der Waals surface area contributed by atoms with Crippen molar-refractivity contribution in [1.29, 1.82) is 0 Å². The SMILES string of the molecule is CCCCC(CC)Cn1c(CC(C)C)nc2c1CCNC2. The maximum absolute atomic E-state index is 4.96. The monoisotopic (exact) mass is 291 g/mol. The molecular weight excluding hydrogens is 258 g/mol. The summed E-state index contributed by atoms with van der Waals surface area (Å²) in [4.78, 5) is 4.96. The maximum Gasteiger partial charge on any atom is 0.109 e. The number of hydrogen-bond donors (Lipinski definition) is 1. The lowest BCUT2D eigenvalue weighted by Crippen LogP contribution is -2.26. The lowest BCUT2D eigenvalue weighted by Gasteiger charge is -2.21. The molecule has 0 aromatic carbocycles. The minimum absolute atomic E-state index is 0.677. The number of unbranched alkanes of at least 4 members (excludes halogenated alkanes) is 1. The van der Waals surface area contributed by atoms with E-state index in [1.807, 2.05) is 0 Å². The van der Waals surface area contributed by atoms with Gasteiger partial charge >= 0.3 is 0 Å². The molecule has 0 amide bonds. The van der Waals surface area contributed by atoms with Crippen molar-refractivity contribution < 1.29 is 0 Å². The zero-order valence-corrected chi connectivity index (χ0v) is 14.4.